The zero-order valence-corrected chi connectivity index (χ0v) is 15.1. The van der Waals surface area contributed by atoms with Crippen LogP contribution >= 0.6 is 24.8 Å². The fourth-order valence-electron chi connectivity index (χ4n) is 3.22. The highest BCUT2D eigenvalue weighted by molar-refractivity contribution is 5.85. The van der Waals surface area contributed by atoms with Crippen LogP contribution in [0, 0.1) is 0 Å². The van der Waals surface area contributed by atoms with Crippen LogP contribution in [0.3, 0.4) is 0 Å². The van der Waals surface area contributed by atoms with Gasteiger partial charge in [-0.2, -0.15) is 4.98 Å². The highest BCUT2D eigenvalue weighted by Crippen LogP contribution is 2.25. The van der Waals surface area contributed by atoms with E-state index in [-0.39, 0.29) is 24.8 Å². The standard InChI is InChI=1S/C14H25N5O.2ClH/c1-10-7-18-6-4-5-11(18)8-19(10)9-12-16-13(17-20-12)14(2,3)15;;/h10-11H,4-9,15H2,1-3H3;2*1H. The average Bonchev–Trinajstić information content (AvgIpc) is 2.97. The third kappa shape index (κ3) is 4.11. The molecule has 0 aromatic carbocycles. The predicted molar refractivity (Wildman–Crippen MR) is 90.5 cm³/mol. The molecule has 2 saturated heterocycles. The van der Waals surface area contributed by atoms with E-state index in [2.05, 4.69) is 26.9 Å². The van der Waals surface area contributed by atoms with Gasteiger partial charge in [0.1, 0.15) is 0 Å². The third-order valence-corrected chi connectivity index (χ3v) is 4.45. The molecule has 0 amide bonds. The van der Waals surface area contributed by atoms with Crippen molar-refractivity contribution in [2.75, 3.05) is 19.6 Å². The van der Waals surface area contributed by atoms with Gasteiger partial charge in [0.25, 0.3) is 0 Å². The Balaban J connectivity index is 0.00000121. The van der Waals surface area contributed by atoms with E-state index < -0.39 is 5.54 Å². The van der Waals surface area contributed by atoms with E-state index in [1.54, 1.807) is 0 Å². The van der Waals surface area contributed by atoms with Crippen LogP contribution < -0.4 is 5.73 Å². The Bertz CT molecular complexity index is 476. The Hall–Kier alpha value is -0.400. The van der Waals surface area contributed by atoms with Gasteiger partial charge in [-0.3, -0.25) is 9.80 Å². The van der Waals surface area contributed by atoms with E-state index in [0.717, 1.165) is 19.6 Å². The number of hydrogen-bond donors (Lipinski definition) is 1. The molecular formula is C14H27Cl2N5O. The molecule has 2 atom stereocenters. The van der Waals surface area contributed by atoms with Gasteiger partial charge < -0.3 is 10.3 Å². The van der Waals surface area contributed by atoms with Gasteiger partial charge in [-0.25, -0.2) is 0 Å². The first kappa shape index (κ1) is 19.6. The van der Waals surface area contributed by atoms with Gasteiger partial charge in [0, 0.05) is 25.2 Å². The van der Waals surface area contributed by atoms with Crippen LogP contribution in [0.25, 0.3) is 0 Å². The van der Waals surface area contributed by atoms with Gasteiger partial charge in [-0.1, -0.05) is 5.16 Å². The maximum atomic E-state index is 6.00. The monoisotopic (exact) mass is 351 g/mol. The number of hydrogen-bond acceptors (Lipinski definition) is 6. The number of nitrogens with zero attached hydrogens (tertiary/aromatic N) is 4. The number of fused-ring (bicyclic) bond motifs is 1. The van der Waals surface area contributed by atoms with Gasteiger partial charge >= 0.3 is 0 Å². The lowest BCUT2D eigenvalue weighted by atomic mass is 10.1. The van der Waals surface area contributed by atoms with Crippen molar-refractivity contribution in [2.45, 2.75) is 57.8 Å². The molecule has 0 radical (unpaired) electrons. The summed E-state index contributed by atoms with van der Waals surface area (Å²) in [6, 6.07) is 1.24. The Morgan fingerprint density at radius 3 is 2.68 bits per heavy atom. The van der Waals surface area contributed by atoms with Crippen molar-refractivity contribution >= 4 is 24.8 Å². The minimum Gasteiger partial charge on any atom is -0.338 e. The summed E-state index contributed by atoms with van der Waals surface area (Å²) in [5.41, 5.74) is 5.45. The molecule has 1 aromatic rings. The van der Waals surface area contributed by atoms with E-state index >= 15 is 0 Å². The van der Waals surface area contributed by atoms with Gasteiger partial charge in [-0.15, -0.1) is 24.8 Å². The second-order valence-corrected chi connectivity index (χ2v) is 6.80. The quantitative estimate of drug-likeness (QED) is 0.894. The Labute approximate surface area is 144 Å². The van der Waals surface area contributed by atoms with Crippen molar-refractivity contribution < 1.29 is 4.52 Å². The maximum absolute atomic E-state index is 6.00. The zero-order chi connectivity index (χ0) is 14.3. The third-order valence-electron chi connectivity index (χ3n) is 4.45. The number of halogens is 2. The normalized spacial score (nSPS) is 26.2. The Morgan fingerprint density at radius 2 is 2.05 bits per heavy atom. The van der Waals surface area contributed by atoms with Crippen molar-refractivity contribution in [3.8, 4) is 0 Å². The van der Waals surface area contributed by atoms with E-state index in [1.165, 1.54) is 19.4 Å². The fourth-order valence-corrected chi connectivity index (χ4v) is 3.22. The number of aromatic nitrogens is 2. The van der Waals surface area contributed by atoms with Gasteiger partial charge in [0.05, 0.1) is 12.1 Å². The summed E-state index contributed by atoms with van der Waals surface area (Å²) < 4.78 is 5.36. The van der Waals surface area contributed by atoms with Crippen LogP contribution in [0.1, 0.15) is 45.3 Å². The van der Waals surface area contributed by atoms with Gasteiger partial charge in [-0.05, 0) is 40.2 Å². The molecule has 6 nitrogen and oxygen atoms in total. The second-order valence-electron chi connectivity index (χ2n) is 6.80. The predicted octanol–water partition coefficient (Wildman–Crippen LogP) is 1.78. The molecule has 0 spiro atoms. The number of nitrogens with two attached hydrogens (primary N) is 1. The summed E-state index contributed by atoms with van der Waals surface area (Å²) in [6.07, 6.45) is 2.64. The van der Waals surface area contributed by atoms with Crippen LogP contribution in [0.4, 0.5) is 0 Å². The minimum atomic E-state index is -0.544. The van der Waals surface area contributed by atoms with Crippen LogP contribution in [0.5, 0.6) is 0 Å². The topological polar surface area (TPSA) is 71.4 Å². The van der Waals surface area contributed by atoms with Crippen molar-refractivity contribution in [3.05, 3.63) is 11.7 Å². The molecule has 2 aliphatic rings. The second kappa shape index (κ2) is 7.45. The lowest BCUT2D eigenvalue weighted by molar-refractivity contribution is 0.0468. The van der Waals surface area contributed by atoms with Gasteiger partial charge in [0.15, 0.2) is 5.82 Å². The van der Waals surface area contributed by atoms with Crippen molar-refractivity contribution in [1.82, 2.24) is 19.9 Å². The lowest BCUT2D eigenvalue weighted by Crippen LogP contribution is -2.54. The van der Waals surface area contributed by atoms with Crippen LogP contribution in [0.2, 0.25) is 0 Å². The molecule has 2 unspecified atom stereocenters. The Kier molecular flexibility index (Phi) is 6.65. The van der Waals surface area contributed by atoms with E-state index in [1.807, 2.05) is 13.8 Å². The van der Waals surface area contributed by atoms with E-state index in [0.29, 0.717) is 23.8 Å². The highest BCUT2D eigenvalue weighted by Gasteiger charge is 2.35. The zero-order valence-electron chi connectivity index (χ0n) is 13.5. The average molecular weight is 352 g/mol. The smallest absolute Gasteiger partial charge is 0.240 e. The Morgan fingerprint density at radius 1 is 1.32 bits per heavy atom. The van der Waals surface area contributed by atoms with E-state index in [4.69, 9.17) is 10.3 Å². The summed E-state index contributed by atoms with van der Waals surface area (Å²) in [5, 5.41) is 4.00. The van der Waals surface area contributed by atoms with Crippen molar-refractivity contribution in [3.63, 3.8) is 0 Å². The highest BCUT2D eigenvalue weighted by atomic mass is 35.5. The molecule has 8 heteroatoms. The summed E-state index contributed by atoms with van der Waals surface area (Å²) in [7, 11) is 0. The minimum absolute atomic E-state index is 0. The molecule has 0 saturated carbocycles. The molecule has 3 rings (SSSR count). The molecule has 0 aliphatic carbocycles. The summed E-state index contributed by atoms with van der Waals surface area (Å²) in [6.45, 7) is 10.3. The molecule has 22 heavy (non-hydrogen) atoms. The first-order valence-corrected chi connectivity index (χ1v) is 7.53. The molecule has 3 heterocycles. The number of piperazine rings is 1. The lowest BCUT2D eigenvalue weighted by Gasteiger charge is -2.41. The molecule has 2 N–H and O–H groups in total. The summed E-state index contributed by atoms with van der Waals surface area (Å²) >= 11 is 0. The molecule has 1 aromatic heterocycles. The maximum Gasteiger partial charge on any atom is 0.240 e. The molecule has 2 fully saturated rings. The van der Waals surface area contributed by atoms with E-state index in [9.17, 15) is 0 Å². The molecule has 128 valence electrons. The first-order chi connectivity index (χ1) is 9.43. The van der Waals surface area contributed by atoms with Crippen molar-refractivity contribution in [1.29, 1.82) is 0 Å². The van der Waals surface area contributed by atoms with Crippen molar-refractivity contribution in [2.24, 2.45) is 5.73 Å². The number of rotatable bonds is 3. The van der Waals surface area contributed by atoms with Gasteiger partial charge in [0.2, 0.25) is 5.89 Å². The summed E-state index contributed by atoms with van der Waals surface area (Å²) in [4.78, 5) is 9.50. The summed E-state index contributed by atoms with van der Waals surface area (Å²) in [5.74, 6) is 1.26. The van der Waals surface area contributed by atoms with Crippen LogP contribution in [0.15, 0.2) is 4.52 Å². The largest absolute Gasteiger partial charge is 0.338 e. The van der Waals surface area contributed by atoms with Crippen LogP contribution in [-0.2, 0) is 12.1 Å². The van der Waals surface area contributed by atoms with Crippen LogP contribution in [-0.4, -0.2) is 51.7 Å². The molecular weight excluding hydrogens is 325 g/mol. The molecule has 0 bridgehead atoms. The fraction of sp³-hybridized carbons (Fsp3) is 0.857. The SMILES string of the molecule is CC1CN2CCCC2CN1Cc1nc(C(C)(C)N)no1.Cl.Cl. The molecule has 2 aliphatic heterocycles. The first-order valence-electron chi connectivity index (χ1n) is 7.53.